The minimum atomic E-state index is -0.400. The summed E-state index contributed by atoms with van der Waals surface area (Å²) in [6, 6.07) is 0. The van der Waals surface area contributed by atoms with Crippen LogP contribution in [-0.4, -0.2) is 36.4 Å². The van der Waals surface area contributed by atoms with Crippen molar-refractivity contribution in [2.45, 2.75) is 19.8 Å². The lowest BCUT2D eigenvalue weighted by atomic mass is 10.3. The van der Waals surface area contributed by atoms with E-state index in [1.54, 1.807) is 7.05 Å². The summed E-state index contributed by atoms with van der Waals surface area (Å²) < 4.78 is 1.50. The van der Waals surface area contributed by atoms with E-state index < -0.39 is 4.92 Å². The third-order valence-corrected chi connectivity index (χ3v) is 2.73. The molecule has 0 aliphatic heterocycles. The quantitative estimate of drug-likeness (QED) is 0.585. The van der Waals surface area contributed by atoms with Gasteiger partial charge in [0.2, 0.25) is 5.82 Å². The molecule has 2 rings (SSSR count). The number of anilines is 1. The Morgan fingerprint density at radius 1 is 1.58 bits per heavy atom. The topological polar surface area (TPSA) is 115 Å². The molecular weight excluding hydrogens is 250 g/mol. The smallest absolute Gasteiger partial charge is 0.333 e. The molecule has 0 fully saturated rings. The average Bonchev–Trinajstić information content (AvgIpc) is 2.97. The zero-order chi connectivity index (χ0) is 13.8. The molecule has 2 aromatic rings. The number of hydrogen-bond donors (Lipinski definition) is 2. The van der Waals surface area contributed by atoms with Gasteiger partial charge in [-0.25, -0.2) is 9.67 Å². The van der Waals surface area contributed by atoms with Gasteiger partial charge in [-0.2, -0.15) is 10.2 Å². The van der Waals surface area contributed by atoms with Crippen molar-refractivity contribution in [3.63, 3.8) is 0 Å². The van der Waals surface area contributed by atoms with Crippen LogP contribution in [0.25, 0.3) is 0 Å². The molecule has 2 heterocycles. The lowest BCUT2D eigenvalue weighted by molar-refractivity contribution is -0.384. The molecule has 102 valence electrons. The van der Waals surface area contributed by atoms with Crippen LogP contribution in [0.15, 0.2) is 6.33 Å². The highest BCUT2D eigenvalue weighted by Gasteiger charge is 2.25. The Balaban J connectivity index is 2.10. The Hall–Kier alpha value is -2.45. The van der Waals surface area contributed by atoms with Crippen LogP contribution < -0.4 is 5.32 Å². The highest BCUT2D eigenvalue weighted by molar-refractivity contribution is 5.59. The van der Waals surface area contributed by atoms with Gasteiger partial charge in [0.25, 0.3) is 0 Å². The van der Waals surface area contributed by atoms with E-state index in [-0.39, 0.29) is 5.69 Å². The summed E-state index contributed by atoms with van der Waals surface area (Å²) in [7, 11) is 1.68. The van der Waals surface area contributed by atoms with Gasteiger partial charge in [0.1, 0.15) is 17.8 Å². The van der Waals surface area contributed by atoms with Crippen LogP contribution in [0.1, 0.15) is 18.4 Å². The summed E-state index contributed by atoms with van der Waals surface area (Å²) in [4.78, 5) is 14.7. The number of H-pyrrole nitrogens is 1. The maximum absolute atomic E-state index is 11.1. The van der Waals surface area contributed by atoms with Crippen molar-refractivity contribution in [2.24, 2.45) is 7.05 Å². The molecule has 0 saturated carbocycles. The van der Waals surface area contributed by atoms with Crippen molar-refractivity contribution in [3.05, 3.63) is 28.0 Å². The summed E-state index contributed by atoms with van der Waals surface area (Å²) in [6.45, 7) is 2.35. The zero-order valence-electron chi connectivity index (χ0n) is 10.8. The molecule has 0 aliphatic rings. The highest BCUT2D eigenvalue weighted by atomic mass is 16.6. The van der Waals surface area contributed by atoms with E-state index in [2.05, 4.69) is 25.6 Å². The molecule has 0 saturated heterocycles. The van der Waals surface area contributed by atoms with E-state index in [0.717, 1.165) is 5.82 Å². The Labute approximate surface area is 109 Å². The first-order chi connectivity index (χ1) is 9.13. The SMILES string of the molecule is CCc1nn(C)c(NCCc2ncn[nH]2)c1[N+](=O)[O-]. The Morgan fingerprint density at radius 3 is 2.95 bits per heavy atom. The minimum Gasteiger partial charge on any atom is -0.364 e. The van der Waals surface area contributed by atoms with Crippen molar-refractivity contribution in [1.29, 1.82) is 0 Å². The fraction of sp³-hybridized carbons (Fsp3) is 0.500. The summed E-state index contributed by atoms with van der Waals surface area (Å²) in [5.41, 5.74) is 0.525. The number of nitro groups is 1. The fourth-order valence-electron chi connectivity index (χ4n) is 1.85. The number of rotatable bonds is 6. The molecule has 0 radical (unpaired) electrons. The average molecular weight is 265 g/mol. The lowest BCUT2D eigenvalue weighted by Crippen LogP contribution is -2.10. The fourth-order valence-corrected chi connectivity index (χ4v) is 1.85. The number of aromatic amines is 1. The molecule has 9 nitrogen and oxygen atoms in total. The molecule has 9 heteroatoms. The van der Waals surface area contributed by atoms with E-state index >= 15 is 0 Å². The van der Waals surface area contributed by atoms with Crippen LogP contribution in [0.5, 0.6) is 0 Å². The van der Waals surface area contributed by atoms with Crippen LogP contribution in [0.4, 0.5) is 11.5 Å². The Morgan fingerprint density at radius 2 is 2.37 bits per heavy atom. The second-order valence-corrected chi connectivity index (χ2v) is 3.99. The van der Waals surface area contributed by atoms with E-state index in [1.165, 1.54) is 11.0 Å². The molecule has 0 aliphatic carbocycles. The van der Waals surface area contributed by atoms with Crippen LogP contribution in [0.2, 0.25) is 0 Å². The molecule has 19 heavy (non-hydrogen) atoms. The Bertz CT molecular complexity index is 561. The Kier molecular flexibility index (Phi) is 3.74. The first kappa shape index (κ1) is 13.0. The molecule has 0 spiro atoms. The van der Waals surface area contributed by atoms with E-state index in [9.17, 15) is 10.1 Å². The lowest BCUT2D eigenvalue weighted by Gasteiger charge is -2.04. The molecule has 0 aromatic carbocycles. The maximum atomic E-state index is 11.1. The largest absolute Gasteiger partial charge is 0.364 e. The molecule has 0 bridgehead atoms. The van der Waals surface area contributed by atoms with E-state index in [1.807, 2.05) is 6.92 Å². The summed E-state index contributed by atoms with van der Waals surface area (Å²) in [5.74, 6) is 1.15. The summed E-state index contributed by atoms with van der Waals surface area (Å²) in [5, 5.41) is 24.7. The van der Waals surface area contributed by atoms with Crippen molar-refractivity contribution < 1.29 is 4.92 Å². The molecule has 0 atom stereocenters. The van der Waals surface area contributed by atoms with Gasteiger partial charge in [-0.1, -0.05) is 6.92 Å². The summed E-state index contributed by atoms with van der Waals surface area (Å²) in [6.07, 6.45) is 2.55. The minimum absolute atomic E-state index is 0.0440. The van der Waals surface area contributed by atoms with Gasteiger partial charge in [0.15, 0.2) is 0 Å². The van der Waals surface area contributed by atoms with Gasteiger partial charge in [0.05, 0.1) is 4.92 Å². The van der Waals surface area contributed by atoms with Gasteiger partial charge in [-0.3, -0.25) is 15.2 Å². The molecule has 0 unspecified atom stereocenters. The third-order valence-electron chi connectivity index (χ3n) is 2.73. The van der Waals surface area contributed by atoms with Crippen LogP contribution in [-0.2, 0) is 19.9 Å². The second-order valence-electron chi connectivity index (χ2n) is 3.99. The predicted octanol–water partition coefficient (Wildman–Crippen LogP) is 0.663. The van der Waals surface area contributed by atoms with Gasteiger partial charge in [-0.05, 0) is 6.42 Å². The molecule has 2 aromatic heterocycles. The summed E-state index contributed by atoms with van der Waals surface area (Å²) >= 11 is 0. The first-order valence-corrected chi connectivity index (χ1v) is 5.91. The third kappa shape index (κ3) is 2.69. The standard InChI is InChI=1S/C10H15N7O2/c1-3-7-9(17(18)19)10(16(2)15-7)11-5-4-8-12-6-13-14-8/h6,11H,3-5H2,1-2H3,(H,12,13,14). The first-order valence-electron chi connectivity index (χ1n) is 5.91. The van der Waals surface area contributed by atoms with Gasteiger partial charge in [0, 0.05) is 20.0 Å². The predicted molar refractivity (Wildman–Crippen MR) is 67.8 cm³/mol. The maximum Gasteiger partial charge on any atom is 0.333 e. The molecular formula is C10H15N7O2. The normalized spacial score (nSPS) is 10.6. The van der Waals surface area contributed by atoms with Crippen LogP contribution >= 0.6 is 0 Å². The zero-order valence-corrected chi connectivity index (χ0v) is 10.8. The van der Waals surface area contributed by atoms with E-state index in [4.69, 9.17) is 0 Å². The second kappa shape index (κ2) is 5.46. The van der Waals surface area contributed by atoms with Crippen LogP contribution in [0.3, 0.4) is 0 Å². The van der Waals surface area contributed by atoms with Crippen molar-refractivity contribution in [2.75, 3.05) is 11.9 Å². The number of aromatic nitrogens is 5. The van der Waals surface area contributed by atoms with Crippen LogP contribution in [0, 0.1) is 10.1 Å². The molecule has 0 amide bonds. The number of nitrogens with one attached hydrogen (secondary N) is 2. The van der Waals surface area contributed by atoms with E-state index in [0.29, 0.717) is 30.9 Å². The highest BCUT2D eigenvalue weighted by Crippen LogP contribution is 2.28. The van der Waals surface area contributed by atoms with Gasteiger partial charge < -0.3 is 5.32 Å². The van der Waals surface area contributed by atoms with Gasteiger partial charge in [-0.15, -0.1) is 0 Å². The number of nitrogens with zero attached hydrogens (tertiary/aromatic N) is 5. The molecule has 2 N–H and O–H groups in total. The van der Waals surface area contributed by atoms with Crippen molar-refractivity contribution in [1.82, 2.24) is 25.0 Å². The van der Waals surface area contributed by atoms with Gasteiger partial charge >= 0.3 is 5.69 Å². The monoisotopic (exact) mass is 265 g/mol. The number of aryl methyl sites for hydroxylation is 2. The number of hydrogen-bond acceptors (Lipinski definition) is 6. The van der Waals surface area contributed by atoms with Crippen molar-refractivity contribution in [3.8, 4) is 0 Å². The van der Waals surface area contributed by atoms with Crippen molar-refractivity contribution >= 4 is 11.5 Å².